The van der Waals surface area contributed by atoms with Crippen molar-refractivity contribution < 1.29 is 18.3 Å². The molecule has 1 aliphatic heterocycles. The topological polar surface area (TPSA) is 66.8 Å². The van der Waals surface area contributed by atoms with Gasteiger partial charge in [0, 0.05) is 13.1 Å². The van der Waals surface area contributed by atoms with Gasteiger partial charge in [-0.2, -0.15) is 4.31 Å². The average Bonchev–Trinajstić information content (AvgIpc) is 2.98. The Hall–Kier alpha value is -0.170. The molecule has 1 saturated heterocycles. The first kappa shape index (κ1) is 13.3. The first-order chi connectivity index (χ1) is 7.82. The highest BCUT2D eigenvalue weighted by molar-refractivity contribution is 7.89. The van der Waals surface area contributed by atoms with E-state index in [4.69, 9.17) is 9.84 Å². The Labute approximate surface area is 103 Å². The van der Waals surface area contributed by atoms with E-state index in [2.05, 4.69) is 0 Å². The number of aliphatic hydroxyl groups excluding tert-OH is 1. The Morgan fingerprint density at radius 2 is 2.06 bits per heavy atom. The molecular formula is C11H21NO4S. The molecule has 5 nitrogen and oxygen atoms in total. The molecule has 2 aliphatic rings. The van der Waals surface area contributed by atoms with Crippen LogP contribution in [0.25, 0.3) is 0 Å². The first-order valence-electron chi connectivity index (χ1n) is 6.09. The van der Waals surface area contributed by atoms with Crippen molar-refractivity contribution in [2.24, 2.45) is 5.92 Å². The molecule has 17 heavy (non-hydrogen) atoms. The molecule has 1 atom stereocenters. The maximum atomic E-state index is 12.2. The van der Waals surface area contributed by atoms with Gasteiger partial charge in [0.1, 0.15) is 0 Å². The molecule has 0 bridgehead atoms. The molecule has 1 N–H and O–H groups in total. The van der Waals surface area contributed by atoms with Gasteiger partial charge in [-0.15, -0.1) is 0 Å². The number of hydrogen-bond acceptors (Lipinski definition) is 4. The van der Waals surface area contributed by atoms with Crippen molar-refractivity contribution in [3.8, 4) is 0 Å². The smallest absolute Gasteiger partial charge is 0.214 e. The Bertz CT molecular complexity index is 375. The third-order valence-electron chi connectivity index (χ3n) is 3.19. The molecule has 6 heteroatoms. The number of nitrogens with zero attached hydrogens (tertiary/aromatic N) is 1. The summed E-state index contributed by atoms with van der Waals surface area (Å²) in [6.45, 7) is 4.22. The lowest BCUT2D eigenvalue weighted by Gasteiger charge is -2.41. The molecular weight excluding hydrogens is 242 g/mol. The standard InChI is InChI=1S/C11H21NO4S/c1-11(2)8-12(5-10(6-13)16-11)17(14,15)7-9-3-4-9/h9-10,13H,3-8H2,1-2H3. The largest absolute Gasteiger partial charge is 0.394 e. The Balaban J connectivity index is 2.08. The van der Waals surface area contributed by atoms with Crippen molar-refractivity contribution in [3.63, 3.8) is 0 Å². The molecule has 1 unspecified atom stereocenters. The minimum Gasteiger partial charge on any atom is -0.394 e. The van der Waals surface area contributed by atoms with E-state index in [9.17, 15) is 8.42 Å². The summed E-state index contributed by atoms with van der Waals surface area (Å²) in [5.41, 5.74) is -0.526. The van der Waals surface area contributed by atoms with Crippen LogP contribution in [-0.2, 0) is 14.8 Å². The molecule has 0 spiro atoms. The predicted octanol–water partition coefficient (Wildman–Crippen LogP) is 0.198. The summed E-state index contributed by atoms with van der Waals surface area (Å²) in [6, 6.07) is 0. The molecule has 0 radical (unpaired) electrons. The fourth-order valence-electron chi connectivity index (χ4n) is 2.24. The lowest BCUT2D eigenvalue weighted by molar-refractivity contribution is -0.131. The summed E-state index contributed by atoms with van der Waals surface area (Å²) in [4.78, 5) is 0. The van der Waals surface area contributed by atoms with Gasteiger partial charge in [0.25, 0.3) is 0 Å². The van der Waals surface area contributed by atoms with Gasteiger partial charge in [0.05, 0.1) is 24.1 Å². The molecule has 0 aromatic rings. The molecule has 0 aromatic heterocycles. The van der Waals surface area contributed by atoms with Gasteiger partial charge in [0.15, 0.2) is 0 Å². The van der Waals surface area contributed by atoms with Crippen molar-refractivity contribution in [2.75, 3.05) is 25.4 Å². The van der Waals surface area contributed by atoms with Crippen molar-refractivity contribution in [1.29, 1.82) is 0 Å². The van der Waals surface area contributed by atoms with E-state index >= 15 is 0 Å². The van der Waals surface area contributed by atoms with E-state index < -0.39 is 21.7 Å². The third-order valence-corrected chi connectivity index (χ3v) is 5.15. The Morgan fingerprint density at radius 1 is 1.41 bits per heavy atom. The molecule has 2 rings (SSSR count). The van der Waals surface area contributed by atoms with Crippen LogP contribution in [0.3, 0.4) is 0 Å². The lowest BCUT2D eigenvalue weighted by Crippen LogP contribution is -2.56. The second-order valence-corrected chi connectivity index (χ2v) is 7.71. The number of rotatable bonds is 4. The Morgan fingerprint density at radius 3 is 2.59 bits per heavy atom. The van der Waals surface area contributed by atoms with Crippen LogP contribution in [0.1, 0.15) is 26.7 Å². The van der Waals surface area contributed by atoms with Crippen LogP contribution >= 0.6 is 0 Å². The van der Waals surface area contributed by atoms with Crippen LogP contribution in [0.4, 0.5) is 0 Å². The molecule has 1 saturated carbocycles. The second-order valence-electron chi connectivity index (χ2n) is 5.70. The average molecular weight is 263 g/mol. The molecule has 0 amide bonds. The number of ether oxygens (including phenoxy) is 1. The van der Waals surface area contributed by atoms with E-state index in [0.29, 0.717) is 12.5 Å². The van der Waals surface area contributed by atoms with Crippen LogP contribution in [0.15, 0.2) is 0 Å². The zero-order valence-corrected chi connectivity index (χ0v) is 11.2. The predicted molar refractivity (Wildman–Crippen MR) is 64.1 cm³/mol. The fraction of sp³-hybridized carbons (Fsp3) is 1.00. The molecule has 0 aromatic carbocycles. The van der Waals surface area contributed by atoms with Gasteiger partial charge in [-0.05, 0) is 32.6 Å². The van der Waals surface area contributed by atoms with Crippen molar-refractivity contribution in [2.45, 2.75) is 38.4 Å². The summed E-state index contributed by atoms with van der Waals surface area (Å²) >= 11 is 0. The van der Waals surface area contributed by atoms with Gasteiger partial charge in [-0.3, -0.25) is 0 Å². The quantitative estimate of drug-likeness (QED) is 0.787. The van der Waals surface area contributed by atoms with Gasteiger partial charge in [-0.25, -0.2) is 8.42 Å². The van der Waals surface area contributed by atoms with Crippen LogP contribution in [0.5, 0.6) is 0 Å². The normalized spacial score (nSPS) is 30.4. The van der Waals surface area contributed by atoms with Gasteiger partial charge < -0.3 is 9.84 Å². The van der Waals surface area contributed by atoms with Gasteiger partial charge in [-0.1, -0.05) is 0 Å². The minimum atomic E-state index is -3.19. The van der Waals surface area contributed by atoms with Crippen molar-refractivity contribution in [1.82, 2.24) is 4.31 Å². The molecule has 1 heterocycles. The lowest BCUT2D eigenvalue weighted by atomic mass is 10.1. The van der Waals surface area contributed by atoms with Gasteiger partial charge >= 0.3 is 0 Å². The highest BCUT2D eigenvalue weighted by Crippen LogP contribution is 2.32. The van der Waals surface area contributed by atoms with E-state index in [1.807, 2.05) is 13.8 Å². The second kappa shape index (κ2) is 4.50. The highest BCUT2D eigenvalue weighted by Gasteiger charge is 2.40. The van der Waals surface area contributed by atoms with Crippen molar-refractivity contribution in [3.05, 3.63) is 0 Å². The van der Waals surface area contributed by atoms with E-state index in [0.717, 1.165) is 12.8 Å². The summed E-state index contributed by atoms with van der Waals surface area (Å²) in [7, 11) is -3.19. The Kier molecular flexibility index (Phi) is 3.51. The van der Waals surface area contributed by atoms with Crippen molar-refractivity contribution >= 4 is 10.0 Å². The molecule has 1 aliphatic carbocycles. The van der Waals surface area contributed by atoms with E-state index in [1.54, 1.807) is 0 Å². The summed E-state index contributed by atoms with van der Waals surface area (Å²) < 4.78 is 31.4. The van der Waals surface area contributed by atoms with E-state index in [1.165, 1.54) is 4.31 Å². The highest BCUT2D eigenvalue weighted by atomic mass is 32.2. The summed E-state index contributed by atoms with van der Waals surface area (Å²) in [5, 5.41) is 9.15. The van der Waals surface area contributed by atoms with Crippen LogP contribution in [-0.4, -0.2) is 55.0 Å². The number of aliphatic hydroxyl groups is 1. The van der Waals surface area contributed by atoms with E-state index in [-0.39, 0.29) is 18.9 Å². The zero-order valence-electron chi connectivity index (χ0n) is 10.4. The fourth-order valence-corrected chi connectivity index (χ4v) is 4.28. The van der Waals surface area contributed by atoms with Crippen LogP contribution in [0, 0.1) is 5.92 Å². The first-order valence-corrected chi connectivity index (χ1v) is 7.70. The summed E-state index contributed by atoms with van der Waals surface area (Å²) in [5.74, 6) is 0.597. The van der Waals surface area contributed by atoms with Gasteiger partial charge in [0.2, 0.25) is 10.0 Å². The maximum Gasteiger partial charge on any atom is 0.214 e. The SMILES string of the molecule is CC1(C)CN(S(=O)(=O)CC2CC2)CC(CO)O1. The molecule has 100 valence electrons. The molecule has 2 fully saturated rings. The van der Waals surface area contributed by atoms with Crippen LogP contribution in [0.2, 0.25) is 0 Å². The third kappa shape index (κ3) is 3.40. The number of morpholine rings is 1. The number of hydrogen-bond donors (Lipinski definition) is 1. The summed E-state index contributed by atoms with van der Waals surface area (Å²) in [6.07, 6.45) is 1.64. The monoisotopic (exact) mass is 263 g/mol. The number of sulfonamides is 1. The maximum absolute atomic E-state index is 12.2. The van der Waals surface area contributed by atoms with Crippen LogP contribution < -0.4 is 0 Å². The zero-order chi connectivity index (χ0) is 12.7. The minimum absolute atomic E-state index is 0.140.